The van der Waals surface area contributed by atoms with Crippen molar-refractivity contribution in [2.75, 3.05) is 7.11 Å². The summed E-state index contributed by atoms with van der Waals surface area (Å²) in [6, 6.07) is 15.1. The number of nitrogens with one attached hydrogen (secondary N) is 1. The van der Waals surface area contributed by atoms with Gasteiger partial charge in [0, 0.05) is 0 Å². The predicted octanol–water partition coefficient (Wildman–Crippen LogP) is 3.90. The van der Waals surface area contributed by atoms with Crippen molar-refractivity contribution in [2.24, 2.45) is 0 Å². The summed E-state index contributed by atoms with van der Waals surface area (Å²) in [5, 5.41) is 0. The number of ether oxygens (including phenoxy) is 1. The molecule has 5 nitrogen and oxygen atoms in total. The number of carbonyl (C=O) groups is 1. The molecule has 0 heterocycles. The van der Waals surface area contributed by atoms with Crippen LogP contribution in [0.15, 0.2) is 69.1 Å². The number of benzene rings is 2. The molecule has 2 aromatic carbocycles. The zero-order chi connectivity index (χ0) is 19.2. The third-order valence-electron chi connectivity index (χ3n) is 3.82. The van der Waals surface area contributed by atoms with E-state index in [4.69, 9.17) is 4.74 Å². The van der Waals surface area contributed by atoms with E-state index in [1.165, 1.54) is 7.11 Å². The van der Waals surface area contributed by atoms with E-state index in [1.807, 2.05) is 59.8 Å². The zero-order valence-corrected chi connectivity index (χ0v) is 17.5. The van der Waals surface area contributed by atoms with E-state index in [0.29, 0.717) is 5.57 Å². The SMILES string of the molecule is COC(=O)C/C(=C/I)C(NS(=O)(=O)c1ccc(C)cc1)c1ccccc1. The lowest BCUT2D eigenvalue weighted by atomic mass is 9.99. The van der Waals surface area contributed by atoms with Crippen LogP contribution >= 0.6 is 22.6 Å². The molecule has 0 amide bonds. The van der Waals surface area contributed by atoms with Crippen LogP contribution in [0.2, 0.25) is 0 Å². The summed E-state index contributed by atoms with van der Waals surface area (Å²) in [4.78, 5) is 11.9. The van der Waals surface area contributed by atoms with Crippen LogP contribution in [-0.4, -0.2) is 21.5 Å². The van der Waals surface area contributed by atoms with Crippen molar-refractivity contribution in [3.05, 3.63) is 75.4 Å². The average Bonchev–Trinajstić information content (AvgIpc) is 2.65. The fraction of sp³-hybridized carbons (Fsp3) is 0.211. The molecule has 0 aromatic heterocycles. The predicted molar refractivity (Wildman–Crippen MR) is 109 cm³/mol. The number of sulfonamides is 1. The molecule has 0 radical (unpaired) electrons. The highest BCUT2D eigenvalue weighted by Gasteiger charge is 2.25. The molecule has 0 saturated heterocycles. The van der Waals surface area contributed by atoms with Crippen LogP contribution in [0.3, 0.4) is 0 Å². The second kappa shape index (κ2) is 9.29. The maximum atomic E-state index is 12.8. The van der Waals surface area contributed by atoms with Gasteiger partial charge >= 0.3 is 5.97 Å². The van der Waals surface area contributed by atoms with Crippen molar-refractivity contribution in [1.82, 2.24) is 4.72 Å². The van der Waals surface area contributed by atoms with Crippen LogP contribution in [0.4, 0.5) is 0 Å². The van der Waals surface area contributed by atoms with Gasteiger partial charge in [-0.3, -0.25) is 4.79 Å². The molecule has 138 valence electrons. The minimum Gasteiger partial charge on any atom is -0.469 e. The fourth-order valence-electron chi connectivity index (χ4n) is 2.39. The second-order valence-corrected chi connectivity index (χ2v) is 8.05. The Morgan fingerprint density at radius 3 is 2.31 bits per heavy atom. The van der Waals surface area contributed by atoms with Crippen LogP contribution < -0.4 is 4.72 Å². The van der Waals surface area contributed by atoms with Crippen LogP contribution in [0.5, 0.6) is 0 Å². The Bertz CT molecular complexity index is 878. The molecule has 1 atom stereocenters. The highest BCUT2D eigenvalue weighted by atomic mass is 127. The summed E-state index contributed by atoms with van der Waals surface area (Å²) in [6.45, 7) is 1.89. The van der Waals surface area contributed by atoms with Gasteiger partial charge in [0.15, 0.2) is 0 Å². The van der Waals surface area contributed by atoms with E-state index in [1.54, 1.807) is 28.3 Å². The highest BCUT2D eigenvalue weighted by Crippen LogP contribution is 2.28. The van der Waals surface area contributed by atoms with Gasteiger partial charge in [-0.2, -0.15) is 4.72 Å². The third-order valence-corrected chi connectivity index (χ3v) is 6.06. The standard InChI is InChI=1S/C19H20INO4S/c1-14-8-10-17(11-9-14)26(23,24)21-19(15-6-4-3-5-7-15)16(13-20)12-18(22)25-2/h3-11,13,19,21H,12H2,1-2H3/b16-13-. The molecule has 0 bridgehead atoms. The molecule has 1 unspecified atom stereocenters. The van der Waals surface area contributed by atoms with E-state index in [-0.39, 0.29) is 11.3 Å². The van der Waals surface area contributed by atoms with Gasteiger partial charge in [0.1, 0.15) is 0 Å². The maximum absolute atomic E-state index is 12.8. The number of halogens is 1. The molecule has 2 aromatic rings. The first-order valence-electron chi connectivity index (χ1n) is 7.87. The lowest BCUT2D eigenvalue weighted by Crippen LogP contribution is -2.30. The highest BCUT2D eigenvalue weighted by molar-refractivity contribution is 14.1. The maximum Gasteiger partial charge on any atom is 0.309 e. The number of hydrogen-bond donors (Lipinski definition) is 1. The Morgan fingerprint density at radius 2 is 1.77 bits per heavy atom. The van der Waals surface area contributed by atoms with Gasteiger partial charge in [0.05, 0.1) is 24.5 Å². The molecule has 0 aliphatic carbocycles. The number of hydrogen-bond acceptors (Lipinski definition) is 4. The zero-order valence-electron chi connectivity index (χ0n) is 14.5. The minimum atomic E-state index is -3.77. The molecule has 1 N–H and O–H groups in total. The van der Waals surface area contributed by atoms with Crippen LogP contribution in [0, 0.1) is 6.92 Å². The number of esters is 1. The molecule has 0 spiro atoms. The van der Waals surface area contributed by atoms with E-state index in [0.717, 1.165) is 11.1 Å². The number of carbonyl (C=O) groups excluding carboxylic acids is 1. The van der Waals surface area contributed by atoms with E-state index >= 15 is 0 Å². The largest absolute Gasteiger partial charge is 0.469 e. The van der Waals surface area contributed by atoms with E-state index < -0.39 is 22.0 Å². The van der Waals surface area contributed by atoms with Crippen LogP contribution in [0.1, 0.15) is 23.6 Å². The fourth-order valence-corrected chi connectivity index (χ4v) is 4.19. The molecular weight excluding hydrogens is 465 g/mol. The first-order chi connectivity index (χ1) is 12.4. The normalized spacial score (nSPS) is 13.3. The Balaban J connectivity index is 2.41. The molecular formula is C19H20INO4S. The van der Waals surface area contributed by atoms with Crippen molar-refractivity contribution in [2.45, 2.75) is 24.3 Å². The van der Waals surface area contributed by atoms with Crippen molar-refractivity contribution < 1.29 is 17.9 Å². The molecule has 26 heavy (non-hydrogen) atoms. The summed E-state index contributed by atoms with van der Waals surface area (Å²) in [5.74, 6) is -0.427. The smallest absolute Gasteiger partial charge is 0.309 e. The number of rotatable bonds is 7. The van der Waals surface area contributed by atoms with Gasteiger partial charge < -0.3 is 4.74 Å². The molecule has 7 heteroatoms. The summed E-state index contributed by atoms with van der Waals surface area (Å²) in [7, 11) is -2.46. The summed E-state index contributed by atoms with van der Waals surface area (Å²) < 4.78 is 34.9. The molecule has 0 fully saturated rings. The minimum absolute atomic E-state index is 0.00454. The van der Waals surface area contributed by atoms with Crippen molar-refractivity contribution in [3.8, 4) is 0 Å². The molecule has 0 saturated carbocycles. The first kappa shape index (κ1) is 20.6. The van der Waals surface area contributed by atoms with Gasteiger partial charge in [-0.15, -0.1) is 0 Å². The van der Waals surface area contributed by atoms with E-state index in [9.17, 15) is 13.2 Å². The monoisotopic (exact) mass is 485 g/mol. The van der Waals surface area contributed by atoms with Gasteiger partial charge in [-0.05, 0) is 34.3 Å². The molecule has 0 aliphatic heterocycles. The lowest BCUT2D eigenvalue weighted by Gasteiger charge is -2.22. The lowest BCUT2D eigenvalue weighted by molar-refractivity contribution is -0.139. The van der Waals surface area contributed by atoms with Crippen molar-refractivity contribution >= 4 is 38.6 Å². The van der Waals surface area contributed by atoms with E-state index in [2.05, 4.69) is 4.72 Å². The average molecular weight is 485 g/mol. The molecule has 0 aliphatic rings. The van der Waals surface area contributed by atoms with Gasteiger partial charge in [0.2, 0.25) is 10.0 Å². The quantitative estimate of drug-likeness (QED) is 0.477. The topological polar surface area (TPSA) is 72.5 Å². The van der Waals surface area contributed by atoms with Gasteiger partial charge in [0.25, 0.3) is 0 Å². The Kier molecular flexibility index (Phi) is 7.36. The number of methoxy groups -OCH3 is 1. The summed E-state index contributed by atoms with van der Waals surface area (Å²) in [5.41, 5.74) is 2.33. The number of aryl methyl sites for hydroxylation is 1. The summed E-state index contributed by atoms with van der Waals surface area (Å²) >= 11 is 2.01. The van der Waals surface area contributed by atoms with Crippen molar-refractivity contribution in [1.29, 1.82) is 0 Å². The molecule has 2 rings (SSSR count). The Hall–Kier alpha value is -1.71. The Labute approximate surface area is 167 Å². The van der Waals surface area contributed by atoms with Crippen LogP contribution in [-0.2, 0) is 19.6 Å². The Morgan fingerprint density at radius 1 is 1.15 bits per heavy atom. The first-order valence-corrected chi connectivity index (χ1v) is 10.6. The van der Waals surface area contributed by atoms with Crippen molar-refractivity contribution in [3.63, 3.8) is 0 Å². The van der Waals surface area contributed by atoms with Gasteiger partial charge in [-0.1, -0.05) is 70.6 Å². The van der Waals surface area contributed by atoms with Crippen LogP contribution in [0.25, 0.3) is 0 Å². The van der Waals surface area contributed by atoms with Gasteiger partial charge in [-0.25, -0.2) is 8.42 Å². The summed E-state index contributed by atoms with van der Waals surface area (Å²) in [6.07, 6.45) is -0.00454. The second-order valence-electron chi connectivity index (χ2n) is 5.71. The third kappa shape index (κ3) is 5.39.